The molecule has 9 rings (SSSR count). The van der Waals surface area contributed by atoms with E-state index in [2.05, 4.69) is 16.6 Å². The fraction of sp³-hybridized carbons (Fsp3) is 0.372. The molecule has 1 aliphatic heterocycles. The fourth-order valence-electron chi connectivity index (χ4n) is 9.99. The molecule has 3 aromatic carbocycles. The van der Waals surface area contributed by atoms with E-state index in [1.54, 1.807) is 19.0 Å². The summed E-state index contributed by atoms with van der Waals surface area (Å²) >= 11 is 0. The molecular weight excluding hydrogens is 689 g/mol. The van der Waals surface area contributed by atoms with Crippen LogP contribution in [0, 0.1) is 23.6 Å². The fourth-order valence-corrected chi connectivity index (χ4v) is 9.99. The second-order valence-corrected chi connectivity index (χ2v) is 15.5. The Hall–Kier alpha value is -5.10. The maximum Gasteiger partial charge on any atom is 0.265 e. The molecule has 54 heavy (non-hydrogen) atoms. The minimum atomic E-state index is -2.57. The number of ether oxygens (including phenoxy) is 2. The molecular formula is C43H42FN3O7. The van der Waals surface area contributed by atoms with Crippen LogP contribution in [0.4, 0.5) is 4.39 Å². The number of ketones is 2. The summed E-state index contributed by atoms with van der Waals surface area (Å²) in [6, 6.07) is 18.0. The Morgan fingerprint density at radius 3 is 2.35 bits per heavy atom. The molecule has 6 atom stereocenters. The highest BCUT2D eigenvalue weighted by Crippen LogP contribution is 2.59. The van der Waals surface area contributed by atoms with Gasteiger partial charge in [-0.3, -0.25) is 19.4 Å². The van der Waals surface area contributed by atoms with Gasteiger partial charge in [0.2, 0.25) is 11.6 Å². The summed E-state index contributed by atoms with van der Waals surface area (Å²) in [6.07, 6.45) is 3.45. The number of hydrogen-bond acceptors (Lipinski definition) is 10. The van der Waals surface area contributed by atoms with E-state index in [1.807, 2.05) is 66.7 Å². The second-order valence-electron chi connectivity index (χ2n) is 15.5. The lowest BCUT2D eigenvalue weighted by atomic mass is 9.57. The van der Waals surface area contributed by atoms with Crippen molar-refractivity contribution < 1.29 is 38.2 Å². The first-order chi connectivity index (χ1) is 26.1. The highest BCUT2D eigenvalue weighted by molar-refractivity contribution is 6.26. The lowest BCUT2D eigenvalue weighted by Crippen LogP contribution is -2.63. The number of carbonyl (C=O) groups is 2. The Kier molecular flexibility index (Phi) is 8.37. The molecule has 1 saturated heterocycles. The van der Waals surface area contributed by atoms with Gasteiger partial charge < -0.3 is 24.2 Å². The molecule has 0 amide bonds. The number of nitrogens with zero attached hydrogens (tertiary/aromatic N) is 3. The van der Waals surface area contributed by atoms with E-state index in [-0.39, 0.29) is 71.9 Å². The van der Waals surface area contributed by atoms with Crippen molar-refractivity contribution in [3.05, 3.63) is 129 Å². The molecule has 2 fully saturated rings. The van der Waals surface area contributed by atoms with Crippen molar-refractivity contribution in [2.75, 3.05) is 27.2 Å². The Bertz CT molecular complexity index is 2220. The maximum absolute atomic E-state index is 17.3. The first-order valence-corrected chi connectivity index (χ1v) is 18.6. The lowest BCUT2D eigenvalue weighted by molar-refractivity contribution is -0.142. The van der Waals surface area contributed by atoms with Gasteiger partial charge in [-0.1, -0.05) is 66.7 Å². The lowest BCUT2D eigenvalue weighted by Gasteiger charge is -2.49. The molecule has 10 nitrogen and oxygen atoms in total. The maximum atomic E-state index is 17.3. The van der Waals surface area contributed by atoms with Gasteiger partial charge in [0.15, 0.2) is 11.4 Å². The zero-order valence-corrected chi connectivity index (χ0v) is 30.3. The number of aliphatic hydroxyl groups is 2. The summed E-state index contributed by atoms with van der Waals surface area (Å²) in [5, 5.41) is 28.9. The largest absolute Gasteiger partial charge is 0.507 e. The van der Waals surface area contributed by atoms with Crippen molar-refractivity contribution in [2.24, 2.45) is 17.8 Å². The number of fused-ring (bicyclic) bond motifs is 7. The molecule has 0 spiro atoms. The average molecular weight is 732 g/mol. The quantitative estimate of drug-likeness (QED) is 0.149. The van der Waals surface area contributed by atoms with Crippen LogP contribution in [-0.4, -0.2) is 69.5 Å². The van der Waals surface area contributed by atoms with Gasteiger partial charge in [-0.05, 0) is 74.4 Å². The number of hydrogen-bond donors (Lipinski definition) is 2. The number of carbonyl (C=O) groups excluding carboxylic acids is 2. The van der Waals surface area contributed by atoms with Crippen molar-refractivity contribution in [2.45, 2.75) is 56.6 Å². The monoisotopic (exact) mass is 731 g/mol. The normalized spacial score (nSPS) is 26.9. The summed E-state index contributed by atoms with van der Waals surface area (Å²) in [5.41, 5.74) is 0.644. The van der Waals surface area contributed by atoms with Crippen molar-refractivity contribution >= 4 is 17.3 Å². The molecule has 4 aliphatic carbocycles. The van der Waals surface area contributed by atoms with Crippen LogP contribution in [-0.2, 0) is 30.8 Å². The predicted octanol–water partition coefficient (Wildman–Crippen LogP) is 6.34. The van der Waals surface area contributed by atoms with Gasteiger partial charge in [0.25, 0.3) is 5.88 Å². The molecule has 2 unspecified atom stereocenters. The predicted molar refractivity (Wildman–Crippen MR) is 196 cm³/mol. The Labute approximate surface area is 312 Å². The molecule has 0 radical (unpaired) electrons. The third-order valence-corrected chi connectivity index (χ3v) is 12.3. The Morgan fingerprint density at radius 1 is 1.00 bits per heavy atom. The van der Waals surface area contributed by atoms with E-state index in [1.165, 1.54) is 0 Å². The number of rotatable bonds is 9. The number of aromatic nitrogens is 1. The molecule has 278 valence electrons. The van der Waals surface area contributed by atoms with Crippen LogP contribution < -0.4 is 9.47 Å². The molecule has 5 aliphatic rings. The SMILES string of the molecule is C=CCN1CCC2Cc3c(OCc4ccccc4)c4c(c(F)c3C21)C[C@H]1C[C@H]2[C@H](N(C)C)c3onc(OCc5ccccc5)c3C(=O)[C@@]2(O)C(=O)C1=C4O. The first kappa shape index (κ1) is 34.7. The van der Waals surface area contributed by atoms with Crippen LogP contribution in [0.5, 0.6) is 11.6 Å². The minimum absolute atomic E-state index is 0.0784. The zero-order chi connectivity index (χ0) is 37.5. The van der Waals surface area contributed by atoms with Gasteiger partial charge >= 0.3 is 0 Å². The van der Waals surface area contributed by atoms with E-state index in [4.69, 9.17) is 14.0 Å². The van der Waals surface area contributed by atoms with Crippen LogP contribution in [0.3, 0.4) is 0 Å². The van der Waals surface area contributed by atoms with Gasteiger partial charge in [0, 0.05) is 40.8 Å². The van der Waals surface area contributed by atoms with Crippen molar-refractivity contribution in [1.82, 2.24) is 15.0 Å². The Morgan fingerprint density at radius 2 is 1.69 bits per heavy atom. The highest BCUT2D eigenvalue weighted by Gasteiger charge is 2.66. The molecule has 2 heterocycles. The van der Waals surface area contributed by atoms with Gasteiger partial charge in [-0.25, -0.2) is 4.39 Å². The van der Waals surface area contributed by atoms with Crippen molar-refractivity contribution in [1.29, 1.82) is 0 Å². The molecule has 0 bridgehead atoms. The number of halogens is 1. The summed E-state index contributed by atoms with van der Waals surface area (Å²) < 4.78 is 35.6. The highest BCUT2D eigenvalue weighted by atomic mass is 19.1. The van der Waals surface area contributed by atoms with Crippen LogP contribution in [0.1, 0.15) is 74.4 Å². The number of Topliss-reactive ketones (excluding diaryl/α,β-unsaturated/α-hetero) is 2. The van der Waals surface area contributed by atoms with Crippen LogP contribution in [0.15, 0.2) is 83.4 Å². The van der Waals surface area contributed by atoms with Gasteiger partial charge in [-0.15, -0.1) is 6.58 Å². The van der Waals surface area contributed by atoms with E-state index >= 15 is 4.39 Å². The summed E-state index contributed by atoms with van der Waals surface area (Å²) in [6.45, 7) is 5.62. The summed E-state index contributed by atoms with van der Waals surface area (Å²) in [5.74, 6) is -3.73. The molecule has 2 N–H and O–H groups in total. The molecule has 4 aromatic rings. The minimum Gasteiger partial charge on any atom is -0.507 e. The van der Waals surface area contributed by atoms with Crippen LogP contribution in [0.25, 0.3) is 5.76 Å². The summed E-state index contributed by atoms with van der Waals surface area (Å²) in [4.78, 5) is 33.4. The topological polar surface area (TPSA) is 126 Å². The first-order valence-electron chi connectivity index (χ1n) is 18.6. The zero-order valence-electron chi connectivity index (χ0n) is 30.3. The molecule has 11 heteroatoms. The van der Waals surface area contributed by atoms with E-state index in [0.717, 1.165) is 24.1 Å². The number of likely N-dealkylation sites (tertiary alicyclic amines) is 1. The standard InChI is InChI=1S/C43H42FN3O7/c1-4-16-47-17-15-25-18-28-31(35(25)47)34(44)27-19-26-20-29-36(46(2)3)39-33(42(45-54-39)53-22-24-13-9-6-10-14-24)41(50)43(29,51)40(49)30(26)37(48)32(27)38(28)52-21-23-11-7-5-8-12-23/h4-14,25-26,29,35-36,48,51H,1,15-22H2,2-3H3/t25?,26-,29-,35?,36-,43-/m0/s1. The number of benzene rings is 3. The smallest absolute Gasteiger partial charge is 0.265 e. The van der Waals surface area contributed by atoms with Gasteiger partial charge in [0.1, 0.15) is 36.1 Å². The second kappa shape index (κ2) is 13.0. The van der Waals surface area contributed by atoms with Crippen LogP contribution >= 0.6 is 0 Å². The molecule has 1 aromatic heterocycles. The third kappa shape index (κ3) is 5.05. The van der Waals surface area contributed by atoms with Crippen molar-refractivity contribution in [3.63, 3.8) is 0 Å². The Balaban J connectivity index is 1.16. The van der Waals surface area contributed by atoms with Gasteiger partial charge in [-0.2, -0.15) is 0 Å². The summed E-state index contributed by atoms with van der Waals surface area (Å²) in [7, 11) is 3.54. The molecule has 1 saturated carbocycles. The third-order valence-electron chi connectivity index (χ3n) is 12.3. The van der Waals surface area contributed by atoms with E-state index in [0.29, 0.717) is 29.8 Å². The average Bonchev–Trinajstić information content (AvgIpc) is 3.88. The van der Waals surface area contributed by atoms with E-state index in [9.17, 15) is 19.8 Å². The van der Waals surface area contributed by atoms with Gasteiger partial charge in [0.05, 0.1) is 11.6 Å². The van der Waals surface area contributed by atoms with E-state index < -0.39 is 46.6 Å². The van der Waals surface area contributed by atoms with Crippen molar-refractivity contribution in [3.8, 4) is 11.6 Å². The van der Waals surface area contributed by atoms with Crippen LogP contribution in [0.2, 0.25) is 0 Å². The number of aliphatic hydroxyl groups excluding tert-OH is 1.